The minimum absolute atomic E-state index is 0.0378. The number of carbonyl (C=O) groups is 1. The number of ether oxygens (including phenoxy) is 1. The Morgan fingerprint density at radius 2 is 2.00 bits per heavy atom. The van der Waals surface area contributed by atoms with Crippen LogP contribution < -0.4 is 10.6 Å². The van der Waals surface area contributed by atoms with Gasteiger partial charge in [-0.3, -0.25) is 4.79 Å². The van der Waals surface area contributed by atoms with Crippen LogP contribution in [0.1, 0.15) is 49.4 Å². The molecular weight excluding hydrogens is 264 g/mol. The molecule has 1 aliphatic rings. The van der Waals surface area contributed by atoms with Crippen molar-refractivity contribution in [1.29, 1.82) is 0 Å². The second-order valence-electron chi connectivity index (χ2n) is 5.51. The first-order chi connectivity index (χ1) is 10.3. The molecule has 2 rings (SSSR count). The van der Waals surface area contributed by atoms with E-state index in [0.29, 0.717) is 24.8 Å². The molecule has 1 aromatic rings. The van der Waals surface area contributed by atoms with Crippen LogP contribution in [0.4, 0.5) is 5.69 Å². The second kappa shape index (κ2) is 8.67. The van der Waals surface area contributed by atoms with Gasteiger partial charge in [-0.05, 0) is 31.4 Å². The molecule has 0 heterocycles. The fourth-order valence-corrected chi connectivity index (χ4v) is 2.64. The minimum atomic E-state index is -0.0378. The lowest BCUT2D eigenvalue weighted by Gasteiger charge is -2.13. The predicted molar refractivity (Wildman–Crippen MR) is 85.8 cm³/mol. The van der Waals surface area contributed by atoms with E-state index in [1.54, 1.807) is 0 Å². The third-order valence-electron chi connectivity index (χ3n) is 3.78. The summed E-state index contributed by atoms with van der Waals surface area (Å²) in [5.74, 6) is -0.0378. The van der Waals surface area contributed by atoms with E-state index in [-0.39, 0.29) is 5.91 Å². The van der Waals surface area contributed by atoms with Crippen LogP contribution in [0.5, 0.6) is 0 Å². The maximum atomic E-state index is 12.2. The molecule has 0 radical (unpaired) electrons. The van der Waals surface area contributed by atoms with Gasteiger partial charge < -0.3 is 15.4 Å². The number of para-hydroxylation sites is 1. The third kappa shape index (κ3) is 5.05. The molecule has 0 bridgehead atoms. The number of nitrogens with one attached hydrogen (secondary N) is 2. The van der Waals surface area contributed by atoms with Crippen LogP contribution in [0.3, 0.4) is 0 Å². The average Bonchev–Trinajstić information content (AvgIpc) is 3.03. The van der Waals surface area contributed by atoms with Crippen LogP contribution in [0, 0.1) is 0 Å². The fraction of sp³-hybridized carbons (Fsp3) is 0.588. The molecule has 1 aliphatic carbocycles. The van der Waals surface area contributed by atoms with Gasteiger partial charge in [0.1, 0.15) is 0 Å². The molecule has 0 aromatic heterocycles. The molecule has 2 N–H and O–H groups in total. The monoisotopic (exact) mass is 290 g/mol. The standard InChI is InChI=1S/C17H26N2O2/c1-2-11-18-16-10-6-5-9-15(16)17(20)19-12-13-21-14-7-3-4-8-14/h5-6,9-10,14,18H,2-4,7-8,11-13H2,1H3,(H,19,20). The zero-order chi connectivity index (χ0) is 14.9. The summed E-state index contributed by atoms with van der Waals surface area (Å²) < 4.78 is 5.75. The molecule has 4 nitrogen and oxygen atoms in total. The van der Waals surface area contributed by atoms with E-state index in [1.165, 1.54) is 12.8 Å². The zero-order valence-electron chi connectivity index (χ0n) is 12.9. The molecule has 0 aliphatic heterocycles. The van der Waals surface area contributed by atoms with Crippen molar-refractivity contribution >= 4 is 11.6 Å². The molecule has 0 saturated heterocycles. The largest absolute Gasteiger partial charge is 0.384 e. The molecule has 0 spiro atoms. The van der Waals surface area contributed by atoms with Crippen molar-refractivity contribution in [1.82, 2.24) is 5.32 Å². The Bertz CT molecular complexity index is 442. The van der Waals surface area contributed by atoms with Gasteiger partial charge in [-0.1, -0.05) is 31.9 Å². The number of anilines is 1. The smallest absolute Gasteiger partial charge is 0.253 e. The number of carbonyl (C=O) groups excluding carboxylic acids is 1. The lowest BCUT2D eigenvalue weighted by Crippen LogP contribution is -2.29. The molecule has 0 unspecified atom stereocenters. The van der Waals surface area contributed by atoms with Crippen molar-refractivity contribution in [2.75, 3.05) is 25.0 Å². The van der Waals surface area contributed by atoms with Gasteiger partial charge in [0.25, 0.3) is 5.91 Å². The molecule has 1 saturated carbocycles. The molecule has 1 fully saturated rings. The summed E-state index contributed by atoms with van der Waals surface area (Å²) in [6.07, 6.45) is 6.31. The summed E-state index contributed by atoms with van der Waals surface area (Å²) >= 11 is 0. The first kappa shape index (κ1) is 15.8. The summed E-state index contributed by atoms with van der Waals surface area (Å²) in [6.45, 7) is 4.14. The summed E-state index contributed by atoms with van der Waals surface area (Å²) in [5, 5.41) is 6.22. The Kier molecular flexibility index (Phi) is 6.54. The highest BCUT2D eigenvalue weighted by Crippen LogP contribution is 2.20. The lowest BCUT2D eigenvalue weighted by atomic mass is 10.1. The maximum absolute atomic E-state index is 12.2. The van der Waals surface area contributed by atoms with E-state index in [2.05, 4.69) is 17.6 Å². The Morgan fingerprint density at radius 3 is 2.76 bits per heavy atom. The Hall–Kier alpha value is -1.55. The van der Waals surface area contributed by atoms with Crippen LogP contribution >= 0.6 is 0 Å². The van der Waals surface area contributed by atoms with Crippen molar-refractivity contribution in [3.63, 3.8) is 0 Å². The van der Waals surface area contributed by atoms with Crippen LogP contribution in [0.15, 0.2) is 24.3 Å². The summed E-state index contributed by atoms with van der Waals surface area (Å²) in [6, 6.07) is 7.63. The van der Waals surface area contributed by atoms with E-state index in [4.69, 9.17) is 4.74 Å². The summed E-state index contributed by atoms with van der Waals surface area (Å²) in [4.78, 5) is 12.2. The van der Waals surface area contributed by atoms with E-state index >= 15 is 0 Å². The Morgan fingerprint density at radius 1 is 1.24 bits per heavy atom. The summed E-state index contributed by atoms with van der Waals surface area (Å²) in [5.41, 5.74) is 1.60. The van der Waals surface area contributed by atoms with Crippen molar-refractivity contribution in [2.24, 2.45) is 0 Å². The van der Waals surface area contributed by atoms with E-state index < -0.39 is 0 Å². The van der Waals surface area contributed by atoms with E-state index in [1.807, 2.05) is 24.3 Å². The fourth-order valence-electron chi connectivity index (χ4n) is 2.64. The first-order valence-electron chi connectivity index (χ1n) is 8.04. The predicted octanol–water partition coefficient (Wildman–Crippen LogP) is 3.20. The van der Waals surface area contributed by atoms with Gasteiger partial charge in [0.2, 0.25) is 0 Å². The molecule has 0 atom stereocenters. The molecular formula is C17H26N2O2. The number of hydrogen-bond donors (Lipinski definition) is 2. The highest BCUT2D eigenvalue weighted by Gasteiger charge is 2.15. The number of hydrogen-bond acceptors (Lipinski definition) is 3. The first-order valence-corrected chi connectivity index (χ1v) is 8.04. The quantitative estimate of drug-likeness (QED) is 0.723. The van der Waals surface area contributed by atoms with Crippen LogP contribution in [-0.4, -0.2) is 31.7 Å². The van der Waals surface area contributed by atoms with Gasteiger partial charge in [-0.15, -0.1) is 0 Å². The number of amides is 1. The Labute approximate surface area is 127 Å². The van der Waals surface area contributed by atoms with Crippen molar-refractivity contribution in [2.45, 2.75) is 45.1 Å². The summed E-state index contributed by atoms with van der Waals surface area (Å²) in [7, 11) is 0. The van der Waals surface area contributed by atoms with Crippen molar-refractivity contribution < 1.29 is 9.53 Å². The van der Waals surface area contributed by atoms with Crippen molar-refractivity contribution in [3.05, 3.63) is 29.8 Å². The van der Waals surface area contributed by atoms with Gasteiger partial charge in [0, 0.05) is 18.8 Å². The van der Waals surface area contributed by atoms with Gasteiger partial charge in [0.15, 0.2) is 0 Å². The van der Waals surface area contributed by atoms with Crippen LogP contribution in [0.2, 0.25) is 0 Å². The van der Waals surface area contributed by atoms with Gasteiger partial charge in [-0.25, -0.2) is 0 Å². The molecule has 116 valence electrons. The highest BCUT2D eigenvalue weighted by molar-refractivity contribution is 5.99. The van der Waals surface area contributed by atoms with E-state index in [9.17, 15) is 4.79 Å². The minimum Gasteiger partial charge on any atom is -0.384 e. The normalized spacial score (nSPS) is 15.1. The molecule has 1 amide bonds. The van der Waals surface area contributed by atoms with Gasteiger partial charge in [0.05, 0.1) is 18.3 Å². The number of rotatable bonds is 8. The highest BCUT2D eigenvalue weighted by atomic mass is 16.5. The molecule has 1 aromatic carbocycles. The van der Waals surface area contributed by atoms with Crippen LogP contribution in [0.25, 0.3) is 0 Å². The van der Waals surface area contributed by atoms with Gasteiger partial charge in [-0.2, -0.15) is 0 Å². The van der Waals surface area contributed by atoms with E-state index in [0.717, 1.165) is 31.5 Å². The maximum Gasteiger partial charge on any atom is 0.253 e. The number of benzene rings is 1. The molecule has 4 heteroatoms. The Balaban J connectivity index is 1.76. The zero-order valence-corrected chi connectivity index (χ0v) is 12.9. The average molecular weight is 290 g/mol. The SMILES string of the molecule is CCCNc1ccccc1C(=O)NCCOC1CCCC1. The van der Waals surface area contributed by atoms with Crippen LogP contribution in [-0.2, 0) is 4.74 Å². The lowest BCUT2D eigenvalue weighted by molar-refractivity contribution is 0.0582. The van der Waals surface area contributed by atoms with Crippen molar-refractivity contribution in [3.8, 4) is 0 Å². The topological polar surface area (TPSA) is 50.4 Å². The molecule has 21 heavy (non-hydrogen) atoms. The second-order valence-corrected chi connectivity index (χ2v) is 5.51. The third-order valence-corrected chi connectivity index (χ3v) is 3.78. The van der Waals surface area contributed by atoms with Gasteiger partial charge >= 0.3 is 0 Å².